The molecule has 24 heavy (non-hydrogen) atoms. The number of anilines is 1. The molecule has 2 aromatic rings. The highest BCUT2D eigenvalue weighted by molar-refractivity contribution is 5.47. The van der Waals surface area contributed by atoms with E-state index >= 15 is 0 Å². The van der Waals surface area contributed by atoms with E-state index in [0.717, 1.165) is 11.3 Å². The molecule has 5 heteroatoms. The Labute approximate surface area is 140 Å². The minimum Gasteiger partial charge on any atom is -0.472 e. The van der Waals surface area contributed by atoms with E-state index in [9.17, 15) is 8.78 Å². The molecule has 0 radical (unpaired) electrons. The number of alkyl halides is 2. The summed E-state index contributed by atoms with van der Waals surface area (Å²) in [7, 11) is 0. The molecule has 0 amide bonds. The fourth-order valence-electron chi connectivity index (χ4n) is 4.12. The van der Waals surface area contributed by atoms with Crippen LogP contribution >= 0.6 is 0 Å². The van der Waals surface area contributed by atoms with Crippen LogP contribution in [0, 0.1) is 5.41 Å². The molecule has 2 aliphatic heterocycles. The predicted octanol–water partition coefficient (Wildman–Crippen LogP) is 4.02. The monoisotopic (exact) mass is 332 g/mol. The third kappa shape index (κ3) is 2.71. The van der Waals surface area contributed by atoms with Crippen molar-refractivity contribution in [3.63, 3.8) is 0 Å². The van der Waals surface area contributed by atoms with Gasteiger partial charge in [-0.05, 0) is 24.6 Å². The Balaban J connectivity index is 1.53. The van der Waals surface area contributed by atoms with Crippen LogP contribution in [-0.2, 0) is 6.54 Å². The van der Waals surface area contributed by atoms with Crippen LogP contribution < -0.4 is 4.90 Å². The zero-order valence-corrected chi connectivity index (χ0v) is 13.6. The van der Waals surface area contributed by atoms with Crippen molar-refractivity contribution in [1.82, 2.24) is 4.90 Å². The van der Waals surface area contributed by atoms with Crippen molar-refractivity contribution in [2.24, 2.45) is 5.41 Å². The van der Waals surface area contributed by atoms with Gasteiger partial charge >= 0.3 is 0 Å². The largest absolute Gasteiger partial charge is 0.472 e. The van der Waals surface area contributed by atoms with Crippen molar-refractivity contribution in [2.45, 2.75) is 25.3 Å². The quantitative estimate of drug-likeness (QED) is 0.846. The highest BCUT2D eigenvalue weighted by atomic mass is 19.3. The summed E-state index contributed by atoms with van der Waals surface area (Å²) in [5, 5.41) is 0. The highest BCUT2D eigenvalue weighted by Gasteiger charge is 2.59. The number of hydrogen-bond donors (Lipinski definition) is 0. The second kappa shape index (κ2) is 5.88. The molecule has 0 N–H and O–H groups in total. The van der Waals surface area contributed by atoms with Gasteiger partial charge in [-0.15, -0.1) is 0 Å². The average Bonchev–Trinajstić information content (AvgIpc) is 3.23. The van der Waals surface area contributed by atoms with Crippen LogP contribution in [0.2, 0.25) is 0 Å². The number of para-hydroxylation sites is 1. The second-order valence-electron chi connectivity index (χ2n) is 7.08. The molecule has 3 nitrogen and oxygen atoms in total. The number of benzene rings is 1. The van der Waals surface area contributed by atoms with Crippen LogP contribution in [0.15, 0.2) is 53.3 Å². The molecule has 0 bridgehead atoms. The van der Waals surface area contributed by atoms with Crippen LogP contribution in [0.4, 0.5) is 14.5 Å². The molecule has 1 aromatic carbocycles. The number of likely N-dealkylation sites (tertiary alicyclic amines) is 1. The van der Waals surface area contributed by atoms with Gasteiger partial charge in [-0.25, -0.2) is 8.78 Å². The molecule has 2 fully saturated rings. The van der Waals surface area contributed by atoms with E-state index in [1.54, 1.807) is 12.5 Å². The molecular formula is C19H22F2N2O. The number of hydrogen-bond acceptors (Lipinski definition) is 3. The van der Waals surface area contributed by atoms with Gasteiger partial charge in [0.25, 0.3) is 5.92 Å². The van der Waals surface area contributed by atoms with Crippen molar-refractivity contribution in [3.8, 4) is 0 Å². The van der Waals surface area contributed by atoms with E-state index in [4.69, 9.17) is 4.42 Å². The SMILES string of the molecule is FC1(F)CCN(Cc2ccoc2)CC12CCN(c1ccccc1)C2. The normalized spacial score (nSPS) is 27.0. The summed E-state index contributed by atoms with van der Waals surface area (Å²) >= 11 is 0. The van der Waals surface area contributed by atoms with Gasteiger partial charge in [-0.3, -0.25) is 4.90 Å². The Morgan fingerprint density at radius 1 is 1.00 bits per heavy atom. The third-order valence-corrected chi connectivity index (χ3v) is 5.51. The number of piperidine rings is 1. The minimum atomic E-state index is -2.61. The lowest BCUT2D eigenvalue weighted by molar-refractivity contribution is -0.158. The van der Waals surface area contributed by atoms with Gasteiger partial charge in [0.05, 0.1) is 17.9 Å². The standard InChI is InChI=1S/C19H22F2N2O/c20-19(21)8-9-22(12-16-6-11-24-13-16)14-18(19)7-10-23(15-18)17-4-2-1-3-5-17/h1-6,11,13H,7-10,12,14-15H2. The van der Waals surface area contributed by atoms with Crippen molar-refractivity contribution < 1.29 is 13.2 Å². The smallest absolute Gasteiger partial charge is 0.257 e. The van der Waals surface area contributed by atoms with Crippen LogP contribution in [-0.4, -0.2) is 37.0 Å². The molecule has 0 aliphatic carbocycles. The summed E-state index contributed by atoms with van der Waals surface area (Å²) in [5.41, 5.74) is 1.13. The van der Waals surface area contributed by atoms with E-state index in [1.807, 2.05) is 36.4 Å². The first-order valence-corrected chi connectivity index (χ1v) is 8.49. The summed E-state index contributed by atoms with van der Waals surface area (Å²) in [6.07, 6.45) is 3.81. The van der Waals surface area contributed by atoms with Crippen molar-refractivity contribution in [3.05, 3.63) is 54.5 Å². The van der Waals surface area contributed by atoms with Crippen molar-refractivity contribution >= 4 is 5.69 Å². The first-order valence-electron chi connectivity index (χ1n) is 8.49. The Morgan fingerprint density at radius 2 is 1.83 bits per heavy atom. The van der Waals surface area contributed by atoms with Gasteiger partial charge in [0.15, 0.2) is 0 Å². The van der Waals surface area contributed by atoms with Crippen LogP contribution in [0.3, 0.4) is 0 Å². The molecule has 1 atom stereocenters. The first kappa shape index (κ1) is 15.6. The van der Waals surface area contributed by atoms with Gasteiger partial charge in [-0.2, -0.15) is 0 Å². The van der Waals surface area contributed by atoms with Crippen molar-refractivity contribution in [2.75, 3.05) is 31.1 Å². The number of rotatable bonds is 3. The third-order valence-electron chi connectivity index (χ3n) is 5.51. The lowest BCUT2D eigenvalue weighted by Gasteiger charge is -2.46. The fourth-order valence-corrected chi connectivity index (χ4v) is 4.12. The maximum absolute atomic E-state index is 14.8. The summed E-state index contributed by atoms with van der Waals surface area (Å²) < 4.78 is 34.8. The summed E-state index contributed by atoms with van der Waals surface area (Å²) in [5.74, 6) is -2.61. The van der Waals surface area contributed by atoms with Crippen LogP contribution in [0.25, 0.3) is 0 Å². The number of furan rings is 1. The highest BCUT2D eigenvalue weighted by Crippen LogP contribution is 2.50. The van der Waals surface area contributed by atoms with E-state index in [0.29, 0.717) is 39.1 Å². The Hall–Kier alpha value is -1.88. The molecule has 1 spiro atoms. The lowest BCUT2D eigenvalue weighted by Crippen LogP contribution is -2.56. The Morgan fingerprint density at radius 3 is 2.58 bits per heavy atom. The van der Waals surface area contributed by atoms with E-state index in [1.165, 1.54) is 0 Å². The van der Waals surface area contributed by atoms with E-state index in [2.05, 4.69) is 9.80 Å². The molecule has 2 saturated heterocycles. The molecule has 0 saturated carbocycles. The zero-order valence-electron chi connectivity index (χ0n) is 13.6. The van der Waals surface area contributed by atoms with E-state index in [-0.39, 0.29) is 6.42 Å². The second-order valence-corrected chi connectivity index (χ2v) is 7.08. The number of nitrogens with zero attached hydrogens (tertiary/aromatic N) is 2. The molecule has 2 aliphatic rings. The molecule has 1 unspecified atom stereocenters. The van der Waals surface area contributed by atoms with Gasteiger partial charge in [0.1, 0.15) is 0 Å². The minimum absolute atomic E-state index is 0.0620. The zero-order chi connectivity index (χ0) is 16.6. The Bertz CT molecular complexity index is 674. The van der Waals surface area contributed by atoms with Crippen molar-refractivity contribution in [1.29, 1.82) is 0 Å². The number of halogens is 2. The van der Waals surface area contributed by atoms with Gasteiger partial charge in [-0.1, -0.05) is 18.2 Å². The maximum Gasteiger partial charge on any atom is 0.257 e. The maximum atomic E-state index is 14.8. The summed E-state index contributed by atoms with van der Waals surface area (Å²) in [4.78, 5) is 4.26. The Kier molecular flexibility index (Phi) is 3.83. The van der Waals surface area contributed by atoms with Crippen LogP contribution in [0.1, 0.15) is 18.4 Å². The van der Waals surface area contributed by atoms with Gasteiger partial charge < -0.3 is 9.32 Å². The lowest BCUT2D eigenvalue weighted by atomic mass is 9.75. The first-order chi connectivity index (χ1) is 11.6. The van der Waals surface area contributed by atoms with E-state index < -0.39 is 11.3 Å². The summed E-state index contributed by atoms with van der Waals surface area (Å²) in [6.45, 7) is 2.67. The topological polar surface area (TPSA) is 19.6 Å². The van der Waals surface area contributed by atoms with Gasteiger partial charge in [0.2, 0.25) is 0 Å². The molecule has 3 heterocycles. The predicted molar refractivity (Wildman–Crippen MR) is 89.3 cm³/mol. The molecular weight excluding hydrogens is 310 g/mol. The average molecular weight is 332 g/mol. The molecule has 128 valence electrons. The van der Waals surface area contributed by atoms with Crippen LogP contribution in [0.5, 0.6) is 0 Å². The molecule has 4 rings (SSSR count). The molecule has 1 aromatic heterocycles. The van der Waals surface area contributed by atoms with Gasteiger partial charge in [0, 0.05) is 50.4 Å². The summed E-state index contributed by atoms with van der Waals surface area (Å²) in [6, 6.07) is 11.8. The fraction of sp³-hybridized carbons (Fsp3) is 0.474.